The molecule has 2 aromatic carbocycles. The van der Waals surface area contributed by atoms with Crippen LogP contribution in [0.2, 0.25) is 0 Å². The highest BCUT2D eigenvalue weighted by molar-refractivity contribution is 5.81. The zero-order valence-electron chi connectivity index (χ0n) is 12.4. The zero-order chi connectivity index (χ0) is 15.6. The number of allylic oxidation sites excluding steroid dienone is 1. The Bertz CT molecular complexity index is 647. The van der Waals surface area contributed by atoms with Crippen molar-refractivity contribution >= 4 is 18.2 Å². The second-order valence-corrected chi connectivity index (χ2v) is 4.68. The van der Waals surface area contributed by atoms with E-state index in [2.05, 4.69) is 10.5 Å². The number of benzene rings is 2. The molecule has 2 aromatic rings. The molecule has 0 aliphatic rings. The van der Waals surface area contributed by atoms with Crippen molar-refractivity contribution in [3.05, 3.63) is 71.8 Å². The van der Waals surface area contributed by atoms with E-state index in [0.717, 1.165) is 11.1 Å². The van der Waals surface area contributed by atoms with Gasteiger partial charge in [0.05, 0.1) is 0 Å². The molecule has 4 nitrogen and oxygen atoms in total. The molecule has 0 bridgehead atoms. The lowest BCUT2D eigenvalue weighted by Gasteiger charge is -2.04. The largest absolute Gasteiger partial charge is 0.484 e. The number of nitrogens with zero attached hydrogens (tertiary/aromatic N) is 1. The third-order valence-corrected chi connectivity index (χ3v) is 2.83. The molecule has 1 amide bonds. The van der Waals surface area contributed by atoms with Crippen molar-refractivity contribution in [1.82, 2.24) is 5.43 Å². The minimum atomic E-state index is -0.301. The van der Waals surface area contributed by atoms with Crippen LogP contribution in [0.4, 0.5) is 0 Å². The molecule has 112 valence electrons. The van der Waals surface area contributed by atoms with Crippen molar-refractivity contribution in [2.24, 2.45) is 5.10 Å². The molecule has 22 heavy (non-hydrogen) atoms. The molecule has 0 aliphatic heterocycles. The monoisotopic (exact) mass is 294 g/mol. The summed E-state index contributed by atoms with van der Waals surface area (Å²) in [6.45, 7) is 1.93. The average Bonchev–Trinajstić information content (AvgIpc) is 2.55. The van der Waals surface area contributed by atoms with Crippen molar-refractivity contribution in [2.45, 2.75) is 6.92 Å². The van der Waals surface area contributed by atoms with Gasteiger partial charge in [-0.05, 0) is 30.7 Å². The predicted octanol–water partition coefficient (Wildman–Crippen LogP) is 3.19. The molecular weight excluding hydrogens is 276 g/mol. The maximum atomic E-state index is 11.5. The molecule has 0 aliphatic carbocycles. The first-order valence-electron chi connectivity index (χ1n) is 6.97. The second-order valence-electron chi connectivity index (χ2n) is 4.68. The zero-order valence-corrected chi connectivity index (χ0v) is 12.4. The normalized spacial score (nSPS) is 11.0. The van der Waals surface area contributed by atoms with Crippen LogP contribution in [-0.2, 0) is 4.79 Å². The van der Waals surface area contributed by atoms with E-state index in [-0.39, 0.29) is 12.5 Å². The van der Waals surface area contributed by atoms with Gasteiger partial charge >= 0.3 is 0 Å². The van der Waals surface area contributed by atoms with Gasteiger partial charge in [-0.15, -0.1) is 0 Å². The Morgan fingerprint density at radius 1 is 1.14 bits per heavy atom. The van der Waals surface area contributed by atoms with Crippen molar-refractivity contribution in [1.29, 1.82) is 0 Å². The third kappa shape index (κ3) is 5.63. The fraction of sp³-hybridized carbons (Fsp3) is 0.111. The summed E-state index contributed by atoms with van der Waals surface area (Å²) < 4.78 is 5.35. The number of rotatable bonds is 6. The topological polar surface area (TPSA) is 50.7 Å². The van der Waals surface area contributed by atoms with Crippen LogP contribution < -0.4 is 10.2 Å². The molecule has 0 saturated carbocycles. The van der Waals surface area contributed by atoms with E-state index < -0.39 is 0 Å². The summed E-state index contributed by atoms with van der Waals surface area (Å²) in [5.41, 5.74) is 4.62. The van der Waals surface area contributed by atoms with Crippen LogP contribution in [0.15, 0.2) is 65.8 Å². The first-order valence-corrected chi connectivity index (χ1v) is 6.97. The third-order valence-electron chi connectivity index (χ3n) is 2.83. The molecule has 0 atom stereocenters. The Balaban J connectivity index is 1.70. The van der Waals surface area contributed by atoms with E-state index in [1.165, 1.54) is 6.21 Å². The molecule has 2 rings (SSSR count). The van der Waals surface area contributed by atoms with E-state index >= 15 is 0 Å². The molecule has 0 heterocycles. The van der Waals surface area contributed by atoms with Crippen LogP contribution >= 0.6 is 0 Å². The highest BCUT2D eigenvalue weighted by Crippen LogP contribution is 2.10. The molecular formula is C18H18N2O2. The van der Waals surface area contributed by atoms with Gasteiger partial charge in [-0.3, -0.25) is 4.79 Å². The van der Waals surface area contributed by atoms with Crippen LogP contribution in [0.5, 0.6) is 5.75 Å². The van der Waals surface area contributed by atoms with Crippen molar-refractivity contribution in [3.63, 3.8) is 0 Å². The number of hydrogen-bond donors (Lipinski definition) is 1. The number of carbonyl (C=O) groups excluding carboxylic acids is 1. The minimum Gasteiger partial charge on any atom is -0.484 e. The fourth-order valence-corrected chi connectivity index (χ4v) is 1.69. The van der Waals surface area contributed by atoms with Crippen LogP contribution in [0, 0.1) is 6.92 Å². The average molecular weight is 294 g/mol. The Hall–Kier alpha value is -2.88. The molecule has 0 spiro atoms. The number of hydrazone groups is 1. The predicted molar refractivity (Wildman–Crippen MR) is 88.8 cm³/mol. The summed E-state index contributed by atoms with van der Waals surface area (Å²) in [7, 11) is 0. The Morgan fingerprint density at radius 2 is 1.86 bits per heavy atom. The molecule has 0 radical (unpaired) electrons. The Morgan fingerprint density at radius 3 is 2.59 bits per heavy atom. The summed E-state index contributed by atoms with van der Waals surface area (Å²) in [6, 6.07) is 17.4. The molecule has 0 saturated heterocycles. The van der Waals surface area contributed by atoms with Crippen molar-refractivity contribution in [3.8, 4) is 5.75 Å². The van der Waals surface area contributed by atoms with E-state index in [9.17, 15) is 4.79 Å². The summed E-state index contributed by atoms with van der Waals surface area (Å²) in [6.07, 6.45) is 5.19. The van der Waals surface area contributed by atoms with E-state index in [1.54, 1.807) is 6.08 Å². The van der Waals surface area contributed by atoms with Crippen molar-refractivity contribution < 1.29 is 9.53 Å². The number of carbonyl (C=O) groups is 1. The maximum Gasteiger partial charge on any atom is 0.277 e. The number of hydrogen-bond acceptors (Lipinski definition) is 3. The van der Waals surface area contributed by atoms with E-state index in [1.807, 2.05) is 67.6 Å². The first kappa shape index (κ1) is 15.5. The SMILES string of the molecule is Cc1ccc(OCC(=O)N/N=C\C=C\c2ccccc2)cc1. The number of aryl methyl sites for hydroxylation is 1. The van der Waals surface area contributed by atoms with Crippen LogP contribution in [0.25, 0.3) is 6.08 Å². The first-order chi connectivity index (χ1) is 10.7. The lowest BCUT2D eigenvalue weighted by molar-refractivity contribution is -0.123. The highest BCUT2D eigenvalue weighted by atomic mass is 16.5. The van der Waals surface area contributed by atoms with Crippen LogP contribution in [-0.4, -0.2) is 18.7 Å². The molecule has 0 unspecified atom stereocenters. The summed E-state index contributed by atoms with van der Waals surface area (Å²) in [5.74, 6) is 0.360. The Kier molecular flexibility index (Phi) is 5.93. The van der Waals surface area contributed by atoms with Gasteiger partial charge in [-0.1, -0.05) is 54.1 Å². The number of nitrogens with one attached hydrogen (secondary N) is 1. The highest BCUT2D eigenvalue weighted by Gasteiger charge is 2.00. The van der Waals surface area contributed by atoms with Gasteiger partial charge in [0, 0.05) is 6.21 Å². The lowest BCUT2D eigenvalue weighted by Crippen LogP contribution is -2.24. The van der Waals surface area contributed by atoms with Gasteiger partial charge in [0.25, 0.3) is 5.91 Å². The van der Waals surface area contributed by atoms with E-state index in [0.29, 0.717) is 5.75 Å². The van der Waals surface area contributed by atoms with Gasteiger partial charge in [-0.2, -0.15) is 5.10 Å². The quantitative estimate of drug-likeness (QED) is 0.657. The lowest BCUT2D eigenvalue weighted by atomic mass is 10.2. The molecule has 0 aromatic heterocycles. The second kappa shape index (κ2) is 8.42. The van der Waals surface area contributed by atoms with Crippen LogP contribution in [0.1, 0.15) is 11.1 Å². The standard InChI is InChI=1S/C18H18N2O2/c1-15-9-11-17(12-10-15)22-14-18(21)20-19-13-5-8-16-6-3-2-4-7-16/h2-13H,14H2,1H3,(H,20,21)/b8-5+,19-13-. The van der Waals surface area contributed by atoms with Gasteiger partial charge < -0.3 is 4.74 Å². The summed E-state index contributed by atoms with van der Waals surface area (Å²) >= 11 is 0. The fourth-order valence-electron chi connectivity index (χ4n) is 1.69. The van der Waals surface area contributed by atoms with Crippen molar-refractivity contribution in [2.75, 3.05) is 6.61 Å². The number of amides is 1. The smallest absolute Gasteiger partial charge is 0.277 e. The van der Waals surface area contributed by atoms with Crippen LogP contribution in [0.3, 0.4) is 0 Å². The molecule has 4 heteroatoms. The summed E-state index contributed by atoms with van der Waals surface area (Å²) in [5, 5.41) is 3.82. The van der Waals surface area contributed by atoms with Gasteiger partial charge in [-0.25, -0.2) is 5.43 Å². The number of ether oxygens (including phenoxy) is 1. The van der Waals surface area contributed by atoms with Gasteiger partial charge in [0.15, 0.2) is 6.61 Å². The maximum absolute atomic E-state index is 11.5. The summed E-state index contributed by atoms with van der Waals surface area (Å²) in [4.78, 5) is 11.5. The van der Waals surface area contributed by atoms with E-state index in [4.69, 9.17) is 4.74 Å². The minimum absolute atomic E-state index is 0.0667. The van der Waals surface area contributed by atoms with Gasteiger partial charge in [0.1, 0.15) is 5.75 Å². The molecule has 0 fully saturated rings. The van der Waals surface area contributed by atoms with Gasteiger partial charge in [0.2, 0.25) is 0 Å². The molecule has 1 N–H and O–H groups in total. The Labute approximate surface area is 130 Å².